The molecular formula is C24H25N7O2. The zero-order chi connectivity index (χ0) is 23.9. The second-order valence-corrected chi connectivity index (χ2v) is 8.17. The fourth-order valence-electron chi connectivity index (χ4n) is 4.08. The molecule has 2 bridgehead atoms. The van der Waals surface area contributed by atoms with Gasteiger partial charge >= 0.3 is 0 Å². The van der Waals surface area contributed by atoms with Crippen molar-refractivity contribution >= 4 is 17.6 Å². The molecule has 1 aliphatic heterocycles. The van der Waals surface area contributed by atoms with Gasteiger partial charge in [-0.3, -0.25) is 9.48 Å². The number of nitrogens with two attached hydrogens (primary N) is 1. The molecule has 9 nitrogen and oxygen atoms in total. The third kappa shape index (κ3) is 4.03. The number of nitrogen functional groups attached to an aromatic ring is 1. The lowest BCUT2D eigenvalue weighted by molar-refractivity contribution is -0.115. The molecule has 2 N–H and O–H groups in total. The Morgan fingerprint density at radius 3 is 2.79 bits per heavy atom. The van der Waals surface area contributed by atoms with Crippen LogP contribution in [0.25, 0.3) is 11.1 Å². The Morgan fingerprint density at radius 1 is 1.33 bits per heavy atom. The number of ether oxygens (including phenoxy) is 1. The first-order chi connectivity index (χ1) is 15.7. The molecule has 1 amide bonds. The summed E-state index contributed by atoms with van der Waals surface area (Å²) in [5.74, 6) is 0.834. The van der Waals surface area contributed by atoms with E-state index in [1.54, 1.807) is 19.3 Å². The second kappa shape index (κ2) is 8.39. The van der Waals surface area contributed by atoms with E-state index in [1.165, 1.54) is 11.6 Å². The zero-order valence-electron chi connectivity index (χ0n) is 19.2. The molecule has 9 heteroatoms. The molecule has 0 unspecified atom stereocenters. The van der Waals surface area contributed by atoms with Crippen molar-refractivity contribution in [3.05, 3.63) is 58.5 Å². The van der Waals surface area contributed by atoms with Crippen molar-refractivity contribution in [2.45, 2.75) is 33.4 Å². The molecule has 3 aromatic rings. The number of fused-ring (bicyclic) bond motifs is 5. The van der Waals surface area contributed by atoms with E-state index in [2.05, 4.69) is 21.1 Å². The summed E-state index contributed by atoms with van der Waals surface area (Å²) >= 11 is 0. The molecule has 33 heavy (non-hydrogen) atoms. The Balaban J connectivity index is 2.03. The van der Waals surface area contributed by atoms with Crippen LogP contribution in [0.5, 0.6) is 5.75 Å². The van der Waals surface area contributed by atoms with E-state index in [0.717, 1.165) is 16.7 Å². The van der Waals surface area contributed by atoms with E-state index in [4.69, 9.17) is 10.5 Å². The van der Waals surface area contributed by atoms with Gasteiger partial charge in [0.1, 0.15) is 23.7 Å². The number of rotatable bonds is 0. The van der Waals surface area contributed by atoms with Gasteiger partial charge < -0.3 is 15.4 Å². The fraction of sp³-hybridized carbons (Fsp3) is 0.292. The van der Waals surface area contributed by atoms with Crippen LogP contribution in [0.15, 0.2) is 35.5 Å². The molecule has 1 aromatic carbocycles. The lowest BCUT2D eigenvalue weighted by Crippen LogP contribution is -2.30. The van der Waals surface area contributed by atoms with Crippen molar-refractivity contribution in [3.63, 3.8) is 0 Å². The number of nitrogens with zero attached hydrogens (tertiary/aromatic N) is 6. The molecule has 0 radical (unpaired) electrons. The van der Waals surface area contributed by atoms with Crippen LogP contribution in [0.2, 0.25) is 0 Å². The third-order valence-electron chi connectivity index (χ3n) is 5.60. The number of hydrogen-bond donors (Lipinski definition) is 1. The van der Waals surface area contributed by atoms with Crippen molar-refractivity contribution < 1.29 is 9.53 Å². The zero-order valence-corrected chi connectivity index (χ0v) is 19.2. The lowest BCUT2D eigenvalue weighted by Gasteiger charge is -2.26. The highest BCUT2D eigenvalue weighted by Gasteiger charge is 2.26. The molecule has 168 valence electrons. The lowest BCUT2D eigenvalue weighted by atomic mass is 9.98. The molecule has 1 atom stereocenters. The van der Waals surface area contributed by atoms with Crippen molar-refractivity contribution in [1.82, 2.24) is 19.7 Å². The first-order valence-corrected chi connectivity index (χ1v) is 10.5. The van der Waals surface area contributed by atoms with Crippen LogP contribution in [0.3, 0.4) is 0 Å². The van der Waals surface area contributed by atoms with Gasteiger partial charge in [-0.15, -0.1) is 0 Å². The summed E-state index contributed by atoms with van der Waals surface area (Å²) in [7, 11) is 3.57. The van der Waals surface area contributed by atoms with Crippen molar-refractivity contribution in [1.29, 1.82) is 5.26 Å². The smallest absolute Gasteiger partial charge is 0.244 e. The minimum absolute atomic E-state index is 0.246. The van der Waals surface area contributed by atoms with Gasteiger partial charge in [-0.25, -0.2) is 4.98 Å². The number of aromatic nitrogens is 3. The van der Waals surface area contributed by atoms with Crippen LogP contribution in [-0.2, 0) is 18.4 Å². The number of nitriles is 1. The number of pyridine rings is 1. The normalized spacial score (nSPS) is 16.7. The van der Waals surface area contributed by atoms with Crippen molar-refractivity contribution in [2.75, 3.05) is 12.8 Å². The summed E-state index contributed by atoms with van der Waals surface area (Å²) in [6.45, 7) is 5.65. The van der Waals surface area contributed by atoms with Gasteiger partial charge in [0.15, 0.2) is 11.6 Å². The van der Waals surface area contributed by atoms with E-state index < -0.39 is 6.10 Å². The van der Waals surface area contributed by atoms with Crippen LogP contribution < -0.4 is 10.5 Å². The van der Waals surface area contributed by atoms with E-state index in [-0.39, 0.29) is 11.7 Å². The van der Waals surface area contributed by atoms with Gasteiger partial charge in [0, 0.05) is 49.5 Å². The molecule has 0 spiro atoms. The summed E-state index contributed by atoms with van der Waals surface area (Å²) in [6, 6.07) is 9.94. The predicted octanol–water partition coefficient (Wildman–Crippen LogP) is 3.12. The number of aliphatic imine (C=N–C) groups is 1. The van der Waals surface area contributed by atoms with Crippen LogP contribution in [-0.4, -0.2) is 38.5 Å². The Morgan fingerprint density at radius 2 is 2.09 bits per heavy atom. The Bertz CT molecular complexity index is 1330. The number of carbonyl (C=O) groups is 1. The largest absolute Gasteiger partial charge is 0.482 e. The summed E-state index contributed by atoms with van der Waals surface area (Å²) in [4.78, 5) is 22.6. The number of hydrogen-bond acceptors (Lipinski definition) is 6. The number of amidine groups is 1. The van der Waals surface area contributed by atoms with Crippen molar-refractivity contribution in [3.8, 4) is 22.9 Å². The fourth-order valence-corrected chi connectivity index (χ4v) is 4.08. The Kier molecular flexibility index (Phi) is 5.60. The summed E-state index contributed by atoms with van der Waals surface area (Å²) in [6.07, 6.45) is 1.20. The van der Waals surface area contributed by atoms with E-state index >= 15 is 0 Å². The molecule has 1 aliphatic rings. The molecule has 0 saturated heterocycles. The molecule has 0 saturated carbocycles. The number of anilines is 1. The molecule has 0 fully saturated rings. The maximum Gasteiger partial charge on any atom is 0.244 e. The second-order valence-electron chi connectivity index (χ2n) is 8.17. The highest BCUT2D eigenvalue weighted by atomic mass is 16.5. The quantitative estimate of drug-likeness (QED) is 0.566. The number of amides is 1. The van der Waals surface area contributed by atoms with E-state index in [1.807, 2.05) is 44.0 Å². The number of benzene rings is 1. The standard InChI is InChI=1S/C24H25N7O2/c1-13-6-7-17-18(8-13)14(2)33-21-9-16(11-27-23(21)26)22-19(29-31(5)20(22)10-25)12-30(4)24(17)28-15(3)32/h6-9,11,14H,12H2,1-5H3,(H2,26,27)/t14-/m1/s1. The van der Waals surface area contributed by atoms with Gasteiger partial charge in [0.05, 0.1) is 12.2 Å². The summed E-state index contributed by atoms with van der Waals surface area (Å²) < 4.78 is 7.81. The van der Waals surface area contributed by atoms with Gasteiger partial charge in [-0.2, -0.15) is 15.4 Å². The van der Waals surface area contributed by atoms with E-state index in [0.29, 0.717) is 40.6 Å². The topological polar surface area (TPSA) is 122 Å². The third-order valence-corrected chi connectivity index (χ3v) is 5.60. The molecule has 0 aliphatic carbocycles. The molecule has 2 aromatic heterocycles. The maximum atomic E-state index is 12.1. The predicted molar refractivity (Wildman–Crippen MR) is 124 cm³/mol. The van der Waals surface area contributed by atoms with Gasteiger partial charge in [-0.05, 0) is 19.9 Å². The first-order valence-electron chi connectivity index (χ1n) is 10.5. The summed E-state index contributed by atoms with van der Waals surface area (Å²) in [5.41, 5.74) is 11.2. The maximum absolute atomic E-state index is 12.1. The van der Waals surface area contributed by atoms with Crippen LogP contribution in [0.1, 0.15) is 48.0 Å². The minimum atomic E-state index is -0.409. The average Bonchev–Trinajstić information content (AvgIpc) is 3.07. The molecular weight excluding hydrogens is 418 g/mol. The number of carbonyl (C=O) groups excluding carboxylic acids is 1. The van der Waals surface area contributed by atoms with Crippen LogP contribution in [0, 0.1) is 18.3 Å². The number of aryl methyl sites for hydroxylation is 2. The van der Waals surface area contributed by atoms with E-state index in [9.17, 15) is 10.1 Å². The SMILES string of the molecule is CC(=O)N=C1c2ccc(C)cc2[C@@H](C)Oc2cc(cnc2N)-c2c(nn(C)c2C#N)CN1C. The average molecular weight is 444 g/mol. The van der Waals surface area contributed by atoms with Gasteiger partial charge in [-0.1, -0.05) is 23.8 Å². The molecule has 4 rings (SSSR count). The highest BCUT2D eigenvalue weighted by Crippen LogP contribution is 2.36. The molecule has 3 heterocycles. The Hall–Kier alpha value is -4.19. The van der Waals surface area contributed by atoms with Gasteiger partial charge in [0.2, 0.25) is 5.91 Å². The summed E-state index contributed by atoms with van der Waals surface area (Å²) in [5, 5.41) is 14.4. The van der Waals surface area contributed by atoms with Crippen LogP contribution in [0.4, 0.5) is 5.82 Å². The monoisotopic (exact) mass is 443 g/mol. The highest BCUT2D eigenvalue weighted by molar-refractivity contribution is 6.05. The van der Waals surface area contributed by atoms with Crippen molar-refractivity contribution in [2.24, 2.45) is 12.0 Å². The van der Waals surface area contributed by atoms with Crippen LogP contribution >= 0.6 is 0 Å². The minimum Gasteiger partial charge on any atom is -0.482 e. The Labute approximate surface area is 192 Å². The first kappa shape index (κ1) is 22.0. The van der Waals surface area contributed by atoms with Gasteiger partial charge in [0.25, 0.3) is 0 Å².